The maximum absolute atomic E-state index is 13.1. The summed E-state index contributed by atoms with van der Waals surface area (Å²) >= 11 is 0. The fourth-order valence-electron chi connectivity index (χ4n) is 5.10. The number of aromatic nitrogens is 1. The van der Waals surface area contributed by atoms with Gasteiger partial charge in [-0.25, -0.2) is 9.78 Å². The molecule has 3 aromatic rings. The number of benzene rings is 2. The Balaban J connectivity index is 1.27. The van der Waals surface area contributed by atoms with Gasteiger partial charge in [-0.15, -0.1) is 0 Å². The van der Waals surface area contributed by atoms with Crippen LogP contribution in [-0.4, -0.2) is 65.1 Å². The van der Waals surface area contributed by atoms with Gasteiger partial charge in [0.25, 0.3) is 11.8 Å². The van der Waals surface area contributed by atoms with E-state index >= 15 is 0 Å². The van der Waals surface area contributed by atoms with Crippen molar-refractivity contribution in [2.45, 2.75) is 32.4 Å². The number of carboxylic acid groups (broad SMARTS) is 1. The molecule has 0 spiro atoms. The third-order valence-corrected chi connectivity index (χ3v) is 7.21. The molecule has 1 fully saturated rings. The van der Waals surface area contributed by atoms with Gasteiger partial charge < -0.3 is 25.0 Å². The first kappa shape index (κ1) is 25.4. The summed E-state index contributed by atoms with van der Waals surface area (Å²) in [4.78, 5) is 45.6. The standard InChI is InChI=1S/C29H30N4O5/c1-3-25(29(36)37)33-18(2)23-10-6-20(16-24(23)28(33)35)19-4-8-22(9-5-19)31-27(34)21-7-11-26(30-17-21)32-12-14-38-15-13-32/h4-11,16-18,25H,3,12-15H2,1-2H3,(H,31,34)(H,36,37). The van der Waals surface area contributed by atoms with Gasteiger partial charge in [0.15, 0.2) is 0 Å². The maximum Gasteiger partial charge on any atom is 0.326 e. The van der Waals surface area contributed by atoms with Crippen LogP contribution in [-0.2, 0) is 9.53 Å². The molecule has 0 aliphatic carbocycles. The number of rotatable bonds is 7. The van der Waals surface area contributed by atoms with E-state index in [2.05, 4.69) is 15.2 Å². The Morgan fingerprint density at radius 2 is 1.79 bits per heavy atom. The summed E-state index contributed by atoms with van der Waals surface area (Å²) in [5, 5.41) is 12.5. The zero-order chi connectivity index (χ0) is 26.8. The number of carbonyl (C=O) groups excluding carboxylic acids is 2. The molecule has 2 aliphatic heterocycles. The van der Waals surface area contributed by atoms with Gasteiger partial charge in [0.05, 0.1) is 24.8 Å². The van der Waals surface area contributed by atoms with Crippen LogP contribution < -0.4 is 10.2 Å². The van der Waals surface area contributed by atoms with E-state index in [0.717, 1.165) is 35.6 Å². The number of ether oxygens (including phenoxy) is 1. The number of hydrogen-bond donors (Lipinski definition) is 2. The summed E-state index contributed by atoms with van der Waals surface area (Å²) in [5.41, 5.74) is 4.19. The molecule has 2 atom stereocenters. The molecular weight excluding hydrogens is 484 g/mol. The fourth-order valence-corrected chi connectivity index (χ4v) is 5.10. The van der Waals surface area contributed by atoms with Crippen molar-refractivity contribution in [3.63, 3.8) is 0 Å². The molecule has 1 aromatic heterocycles. The van der Waals surface area contributed by atoms with E-state index < -0.39 is 12.0 Å². The third-order valence-electron chi connectivity index (χ3n) is 7.21. The zero-order valence-corrected chi connectivity index (χ0v) is 21.4. The molecule has 3 heterocycles. The largest absolute Gasteiger partial charge is 0.480 e. The Kier molecular flexibility index (Phi) is 7.11. The average molecular weight is 515 g/mol. The average Bonchev–Trinajstić information content (AvgIpc) is 3.19. The zero-order valence-electron chi connectivity index (χ0n) is 21.4. The molecule has 9 heteroatoms. The lowest BCUT2D eigenvalue weighted by atomic mass is 9.98. The lowest BCUT2D eigenvalue weighted by Gasteiger charge is -2.28. The molecule has 0 saturated carbocycles. The molecule has 196 valence electrons. The van der Waals surface area contributed by atoms with Gasteiger partial charge in [-0.1, -0.05) is 31.2 Å². The van der Waals surface area contributed by atoms with Crippen LogP contribution in [0.4, 0.5) is 11.5 Å². The molecule has 0 radical (unpaired) electrons. The summed E-state index contributed by atoms with van der Waals surface area (Å²) in [5.74, 6) is -0.685. The molecule has 1 saturated heterocycles. The van der Waals surface area contributed by atoms with E-state index in [1.54, 1.807) is 19.2 Å². The van der Waals surface area contributed by atoms with Gasteiger partial charge in [0.2, 0.25) is 0 Å². The van der Waals surface area contributed by atoms with Crippen molar-refractivity contribution in [2.24, 2.45) is 0 Å². The minimum atomic E-state index is -0.998. The predicted octanol–water partition coefficient (Wildman–Crippen LogP) is 4.22. The third kappa shape index (κ3) is 4.84. The number of nitrogens with zero attached hydrogens (tertiary/aromatic N) is 3. The Morgan fingerprint density at radius 1 is 1.08 bits per heavy atom. The molecular formula is C29H30N4O5. The molecule has 2 aromatic carbocycles. The number of hydrogen-bond acceptors (Lipinski definition) is 6. The second-order valence-electron chi connectivity index (χ2n) is 9.49. The number of morpholine rings is 1. The number of aliphatic carboxylic acids is 1. The highest BCUT2D eigenvalue weighted by atomic mass is 16.5. The Labute approximate surface area is 221 Å². The summed E-state index contributed by atoms with van der Waals surface area (Å²) in [6, 6.07) is 15.5. The van der Waals surface area contributed by atoms with Crippen LogP contribution in [0.2, 0.25) is 0 Å². The van der Waals surface area contributed by atoms with Crippen molar-refractivity contribution in [1.82, 2.24) is 9.88 Å². The first-order chi connectivity index (χ1) is 18.4. The van der Waals surface area contributed by atoms with Gasteiger partial charge in [0.1, 0.15) is 11.9 Å². The Hall–Kier alpha value is -4.24. The lowest BCUT2D eigenvalue weighted by molar-refractivity contribution is -0.143. The van der Waals surface area contributed by atoms with E-state index in [4.69, 9.17) is 4.74 Å². The molecule has 2 unspecified atom stereocenters. The number of pyridine rings is 1. The van der Waals surface area contributed by atoms with Gasteiger partial charge in [-0.05, 0) is 60.4 Å². The second-order valence-corrected chi connectivity index (χ2v) is 9.49. The summed E-state index contributed by atoms with van der Waals surface area (Å²) < 4.78 is 5.37. The van der Waals surface area contributed by atoms with Crippen LogP contribution >= 0.6 is 0 Å². The number of carbonyl (C=O) groups is 3. The predicted molar refractivity (Wildman–Crippen MR) is 143 cm³/mol. The highest BCUT2D eigenvalue weighted by Crippen LogP contribution is 2.38. The number of fused-ring (bicyclic) bond motifs is 1. The van der Waals surface area contributed by atoms with Gasteiger partial charge >= 0.3 is 5.97 Å². The van der Waals surface area contributed by atoms with Crippen molar-refractivity contribution in [2.75, 3.05) is 36.5 Å². The maximum atomic E-state index is 13.1. The van der Waals surface area contributed by atoms with Crippen LogP contribution in [0.1, 0.15) is 52.6 Å². The highest BCUT2D eigenvalue weighted by Gasteiger charge is 2.40. The van der Waals surface area contributed by atoms with Crippen molar-refractivity contribution in [3.8, 4) is 11.1 Å². The second kappa shape index (κ2) is 10.6. The van der Waals surface area contributed by atoms with Crippen LogP contribution in [0.15, 0.2) is 60.8 Å². The van der Waals surface area contributed by atoms with Crippen molar-refractivity contribution in [1.29, 1.82) is 0 Å². The van der Waals surface area contributed by atoms with Crippen molar-refractivity contribution in [3.05, 3.63) is 77.5 Å². The van der Waals surface area contributed by atoms with E-state index in [1.165, 1.54) is 4.90 Å². The number of nitrogens with one attached hydrogen (secondary N) is 1. The normalized spacial score (nSPS) is 17.7. The van der Waals surface area contributed by atoms with Crippen LogP contribution in [0, 0.1) is 0 Å². The van der Waals surface area contributed by atoms with E-state index in [-0.39, 0.29) is 17.9 Å². The molecule has 0 bridgehead atoms. The van der Waals surface area contributed by atoms with E-state index in [0.29, 0.717) is 36.4 Å². The van der Waals surface area contributed by atoms with Gasteiger partial charge in [-0.3, -0.25) is 9.59 Å². The topological polar surface area (TPSA) is 112 Å². The number of amides is 2. The summed E-state index contributed by atoms with van der Waals surface area (Å²) in [6.07, 6.45) is 1.92. The first-order valence-corrected chi connectivity index (χ1v) is 12.8. The van der Waals surface area contributed by atoms with Gasteiger partial charge in [0, 0.05) is 30.5 Å². The molecule has 9 nitrogen and oxygen atoms in total. The smallest absolute Gasteiger partial charge is 0.326 e. The van der Waals surface area contributed by atoms with Gasteiger partial charge in [-0.2, -0.15) is 0 Å². The first-order valence-electron chi connectivity index (χ1n) is 12.8. The molecule has 2 amide bonds. The number of carboxylic acids is 1. The van der Waals surface area contributed by atoms with Crippen molar-refractivity contribution >= 4 is 29.3 Å². The van der Waals surface area contributed by atoms with Crippen LogP contribution in [0.25, 0.3) is 11.1 Å². The van der Waals surface area contributed by atoms with Crippen LogP contribution in [0.5, 0.6) is 0 Å². The monoisotopic (exact) mass is 514 g/mol. The molecule has 2 aliphatic rings. The van der Waals surface area contributed by atoms with Crippen LogP contribution in [0.3, 0.4) is 0 Å². The number of anilines is 2. The Bertz CT molecular complexity index is 1350. The quantitative estimate of drug-likeness (QED) is 0.486. The minimum Gasteiger partial charge on any atom is -0.480 e. The van der Waals surface area contributed by atoms with Crippen molar-refractivity contribution < 1.29 is 24.2 Å². The Morgan fingerprint density at radius 3 is 2.42 bits per heavy atom. The fraction of sp³-hybridized carbons (Fsp3) is 0.310. The SMILES string of the molecule is CCC(C(=O)O)N1C(=O)c2cc(-c3ccc(NC(=O)c4ccc(N5CCOCC5)nc4)cc3)ccc2C1C. The molecule has 38 heavy (non-hydrogen) atoms. The highest BCUT2D eigenvalue weighted by molar-refractivity contribution is 6.04. The lowest BCUT2D eigenvalue weighted by Crippen LogP contribution is -2.42. The summed E-state index contributed by atoms with van der Waals surface area (Å²) in [7, 11) is 0. The summed E-state index contributed by atoms with van der Waals surface area (Å²) in [6.45, 7) is 6.53. The minimum absolute atomic E-state index is 0.250. The van der Waals surface area contributed by atoms with E-state index in [9.17, 15) is 19.5 Å². The molecule has 5 rings (SSSR count). The molecule has 2 N–H and O–H groups in total. The van der Waals surface area contributed by atoms with E-state index in [1.807, 2.05) is 55.5 Å².